The van der Waals surface area contributed by atoms with Crippen molar-refractivity contribution in [2.75, 3.05) is 6.61 Å². The number of hydrogen-bond acceptors (Lipinski definition) is 2. The Balaban J connectivity index is 1.57. The molecule has 0 saturated carbocycles. The van der Waals surface area contributed by atoms with E-state index < -0.39 is 0 Å². The van der Waals surface area contributed by atoms with Crippen LogP contribution in [0.4, 0.5) is 0 Å². The van der Waals surface area contributed by atoms with Gasteiger partial charge in [-0.05, 0) is 41.3 Å². The van der Waals surface area contributed by atoms with Gasteiger partial charge in [-0.15, -0.1) is 0 Å². The average molecular weight is 332 g/mol. The number of hydrogen-bond donors (Lipinski definition) is 0. The Morgan fingerprint density at radius 3 is 2.16 bits per heavy atom. The summed E-state index contributed by atoms with van der Waals surface area (Å²) < 4.78 is 11.8. The topological polar surface area (TPSA) is 18.5 Å². The summed E-state index contributed by atoms with van der Waals surface area (Å²) in [5.41, 5.74) is 2.59. The molecule has 0 aliphatic carbocycles. The lowest BCUT2D eigenvalue weighted by atomic mass is 10.0. The van der Waals surface area contributed by atoms with E-state index in [-0.39, 0.29) is 0 Å². The zero-order valence-corrected chi connectivity index (χ0v) is 14.8. The van der Waals surface area contributed by atoms with E-state index in [9.17, 15) is 0 Å². The van der Waals surface area contributed by atoms with Crippen LogP contribution >= 0.6 is 0 Å². The Kier molecular flexibility index (Phi) is 5.73. The molecule has 0 N–H and O–H groups in total. The number of ether oxygens (including phenoxy) is 2. The highest BCUT2D eigenvalue weighted by molar-refractivity contribution is 5.38. The molecule has 3 aromatic rings. The van der Waals surface area contributed by atoms with E-state index in [1.54, 1.807) is 0 Å². The van der Waals surface area contributed by atoms with Gasteiger partial charge in [0, 0.05) is 12.5 Å². The van der Waals surface area contributed by atoms with Gasteiger partial charge in [-0.1, -0.05) is 62.4 Å². The molecule has 3 rings (SSSR count). The summed E-state index contributed by atoms with van der Waals surface area (Å²) in [6.07, 6.45) is 0.891. The Hall–Kier alpha value is -2.74. The minimum Gasteiger partial charge on any atom is -0.493 e. The summed E-state index contributed by atoms with van der Waals surface area (Å²) in [6.45, 7) is 5.02. The van der Waals surface area contributed by atoms with Crippen LogP contribution in [0.2, 0.25) is 0 Å². The molecule has 0 radical (unpaired) electrons. The normalized spacial score (nSPS) is 10.7. The van der Waals surface area contributed by atoms with Crippen LogP contribution < -0.4 is 9.47 Å². The average Bonchev–Trinajstić information content (AvgIpc) is 2.63. The summed E-state index contributed by atoms with van der Waals surface area (Å²) in [5, 5.41) is 0. The smallest absolute Gasteiger partial charge is 0.131 e. The van der Waals surface area contributed by atoms with Gasteiger partial charge in [0.2, 0.25) is 0 Å². The third-order valence-electron chi connectivity index (χ3n) is 4.09. The SMILES string of the molecule is CC(C)c1ccc(Oc2cccc(OCCc3ccccc3)c2)cc1. The molecule has 0 aliphatic heterocycles. The first-order chi connectivity index (χ1) is 12.2. The Bertz CT molecular complexity index is 777. The summed E-state index contributed by atoms with van der Waals surface area (Å²) in [5.74, 6) is 2.97. The Labute approximate surface area is 150 Å². The molecule has 0 saturated heterocycles. The monoisotopic (exact) mass is 332 g/mol. The fraction of sp³-hybridized carbons (Fsp3) is 0.217. The van der Waals surface area contributed by atoms with Crippen molar-refractivity contribution in [3.63, 3.8) is 0 Å². The minimum atomic E-state index is 0.524. The van der Waals surface area contributed by atoms with Crippen molar-refractivity contribution in [2.24, 2.45) is 0 Å². The molecular weight excluding hydrogens is 308 g/mol. The van der Waals surface area contributed by atoms with Gasteiger partial charge in [-0.2, -0.15) is 0 Å². The largest absolute Gasteiger partial charge is 0.493 e. The fourth-order valence-electron chi connectivity index (χ4n) is 2.62. The Morgan fingerprint density at radius 2 is 1.44 bits per heavy atom. The molecule has 2 heteroatoms. The van der Waals surface area contributed by atoms with Crippen molar-refractivity contribution in [2.45, 2.75) is 26.2 Å². The van der Waals surface area contributed by atoms with E-state index in [2.05, 4.69) is 38.1 Å². The predicted octanol–water partition coefficient (Wildman–Crippen LogP) is 6.22. The van der Waals surface area contributed by atoms with Crippen LogP contribution in [-0.4, -0.2) is 6.61 Å². The molecule has 128 valence electrons. The maximum Gasteiger partial charge on any atom is 0.131 e. The highest BCUT2D eigenvalue weighted by atomic mass is 16.5. The zero-order chi connectivity index (χ0) is 17.5. The molecule has 0 unspecified atom stereocenters. The van der Waals surface area contributed by atoms with E-state index in [0.29, 0.717) is 12.5 Å². The van der Waals surface area contributed by atoms with Gasteiger partial charge in [0.1, 0.15) is 17.2 Å². The maximum absolute atomic E-state index is 5.94. The second-order valence-electron chi connectivity index (χ2n) is 6.38. The van der Waals surface area contributed by atoms with Crippen LogP contribution in [-0.2, 0) is 6.42 Å². The highest BCUT2D eigenvalue weighted by Gasteiger charge is 2.03. The summed E-state index contributed by atoms with van der Waals surface area (Å²) in [7, 11) is 0. The van der Waals surface area contributed by atoms with Crippen molar-refractivity contribution in [3.05, 3.63) is 90.0 Å². The molecule has 0 atom stereocenters. The quantitative estimate of drug-likeness (QED) is 0.511. The summed E-state index contributed by atoms with van der Waals surface area (Å²) in [6, 6.07) is 26.4. The molecule has 0 aromatic heterocycles. The first-order valence-corrected chi connectivity index (χ1v) is 8.75. The molecule has 0 spiro atoms. The summed E-state index contributed by atoms with van der Waals surface area (Å²) >= 11 is 0. The second kappa shape index (κ2) is 8.39. The van der Waals surface area contributed by atoms with Gasteiger partial charge in [-0.25, -0.2) is 0 Å². The first kappa shape index (κ1) is 17.1. The molecule has 0 bridgehead atoms. The van der Waals surface area contributed by atoms with Crippen LogP contribution in [0.25, 0.3) is 0 Å². The minimum absolute atomic E-state index is 0.524. The molecule has 3 aromatic carbocycles. The van der Waals surface area contributed by atoms with E-state index in [0.717, 1.165) is 23.7 Å². The highest BCUT2D eigenvalue weighted by Crippen LogP contribution is 2.26. The second-order valence-corrected chi connectivity index (χ2v) is 6.38. The van der Waals surface area contributed by atoms with Crippen LogP contribution in [0.5, 0.6) is 17.2 Å². The predicted molar refractivity (Wildman–Crippen MR) is 103 cm³/mol. The number of rotatable bonds is 7. The summed E-state index contributed by atoms with van der Waals surface area (Å²) in [4.78, 5) is 0. The number of benzene rings is 3. The van der Waals surface area contributed by atoms with Crippen molar-refractivity contribution in [1.82, 2.24) is 0 Å². The van der Waals surface area contributed by atoms with Gasteiger partial charge >= 0.3 is 0 Å². The van der Waals surface area contributed by atoms with Gasteiger partial charge in [-0.3, -0.25) is 0 Å². The Morgan fingerprint density at radius 1 is 0.720 bits per heavy atom. The van der Waals surface area contributed by atoms with Gasteiger partial charge in [0.15, 0.2) is 0 Å². The van der Waals surface area contributed by atoms with Crippen molar-refractivity contribution >= 4 is 0 Å². The van der Waals surface area contributed by atoms with Crippen molar-refractivity contribution < 1.29 is 9.47 Å². The molecule has 0 amide bonds. The van der Waals surface area contributed by atoms with Crippen LogP contribution in [0, 0.1) is 0 Å². The van der Waals surface area contributed by atoms with Gasteiger partial charge < -0.3 is 9.47 Å². The molecule has 2 nitrogen and oxygen atoms in total. The van der Waals surface area contributed by atoms with Crippen molar-refractivity contribution in [1.29, 1.82) is 0 Å². The van der Waals surface area contributed by atoms with E-state index in [4.69, 9.17) is 9.47 Å². The lowest BCUT2D eigenvalue weighted by molar-refractivity contribution is 0.320. The molecule has 25 heavy (non-hydrogen) atoms. The van der Waals surface area contributed by atoms with Crippen molar-refractivity contribution in [3.8, 4) is 17.2 Å². The zero-order valence-electron chi connectivity index (χ0n) is 14.8. The van der Waals surface area contributed by atoms with Crippen LogP contribution in [0.1, 0.15) is 30.9 Å². The molecule has 0 heterocycles. The standard InChI is InChI=1S/C23H24O2/c1-18(2)20-11-13-21(14-12-20)25-23-10-6-9-22(17-23)24-16-15-19-7-4-3-5-8-19/h3-14,17-18H,15-16H2,1-2H3. The molecule has 0 aliphatic rings. The maximum atomic E-state index is 5.94. The van der Waals surface area contributed by atoms with Gasteiger partial charge in [0.05, 0.1) is 6.61 Å². The van der Waals surface area contributed by atoms with E-state index in [1.807, 2.05) is 54.6 Å². The lowest BCUT2D eigenvalue weighted by Crippen LogP contribution is -2.01. The van der Waals surface area contributed by atoms with E-state index >= 15 is 0 Å². The third-order valence-corrected chi connectivity index (χ3v) is 4.09. The lowest BCUT2D eigenvalue weighted by Gasteiger charge is -2.11. The van der Waals surface area contributed by atoms with Crippen LogP contribution in [0.3, 0.4) is 0 Å². The molecular formula is C23H24O2. The fourth-order valence-corrected chi connectivity index (χ4v) is 2.62. The third kappa shape index (κ3) is 5.12. The van der Waals surface area contributed by atoms with Gasteiger partial charge in [0.25, 0.3) is 0 Å². The molecule has 0 fully saturated rings. The first-order valence-electron chi connectivity index (χ1n) is 8.75. The van der Waals surface area contributed by atoms with E-state index in [1.165, 1.54) is 11.1 Å². The van der Waals surface area contributed by atoms with Crippen LogP contribution in [0.15, 0.2) is 78.9 Å².